The van der Waals surface area contributed by atoms with Gasteiger partial charge in [-0.05, 0) is 30.4 Å². The molecule has 1 heterocycles. The second kappa shape index (κ2) is 7.98. The highest BCUT2D eigenvalue weighted by atomic mass is 35.5. The first kappa shape index (κ1) is 16.5. The van der Waals surface area contributed by atoms with Crippen molar-refractivity contribution in [1.29, 1.82) is 0 Å². The molecule has 0 radical (unpaired) electrons. The number of hydrogen-bond donors (Lipinski definition) is 1. The summed E-state index contributed by atoms with van der Waals surface area (Å²) in [6.45, 7) is 9.80. The summed E-state index contributed by atoms with van der Waals surface area (Å²) in [6, 6.07) is 11.9. The van der Waals surface area contributed by atoms with Crippen LogP contribution in [0.2, 0.25) is 0 Å². The first-order valence-electron chi connectivity index (χ1n) is 7.87. The Morgan fingerprint density at radius 1 is 1.38 bits per heavy atom. The number of nitrogens with zero attached hydrogens (tertiary/aromatic N) is 1. The molecule has 0 amide bonds. The molecular weight excluding hydrogens is 280 g/mol. The summed E-state index contributed by atoms with van der Waals surface area (Å²) in [7, 11) is 0. The molecule has 116 valence electrons. The Morgan fingerprint density at radius 3 is 2.71 bits per heavy atom. The SMILES string of the molecule is C/C(=C\Cl)CN1CC(C(C)C)NCC1Cc1ccccc1. The quantitative estimate of drug-likeness (QED) is 0.893. The third-order valence-corrected chi connectivity index (χ3v) is 4.69. The zero-order valence-electron chi connectivity index (χ0n) is 13.3. The molecule has 1 aromatic carbocycles. The summed E-state index contributed by atoms with van der Waals surface area (Å²) in [5.74, 6) is 0.658. The van der Waals surface area contributed by atoms with Gasteiger partial charge in [0, 0.05) is 37.3 Å². The van der Waals surface area contributed by atoms with Gasteiger partial charge in [0.2, 0.25) is 0 Å². The topological polar surface area (TPSA) is 15.3 Å². The zero-order chi connectivity index (χ0) is 15.2. The maximum atomic E-state index is 5.87. The van der Waals surface area contributed by atoms with Crippen LogP contribution in [0.25, 0.3) is 0 Å². The summed E-state index contributed by atoms with van der Waals surface area (Å²) in [5.41, 5.74) is 4.36. The first-order valence-corrected chi connectivity index (χ1v) is 8.31. The van der Waals surface area contributed by atoms with E-state index in [1.807, 2.05) is 0 Å². The van der Waals surface area contributed by atoms with Crippen molar-refractivity contribution in [3.8, 4) is 0 Å². The van der Waals surface area contributed by atoms with Gasteiger partial charge in [-0.3, -0.25) is 4.90 Å². The van der Waals surface area contributed by atoms with E-state index in [1.54, 1.807) is 5.54 Å². The van der Waals surface area contributed by atoms with E-state index < -0.39 is 0 Å². The van der Waals surface area contributed by atoms with Crippen molar-refractivity contribution < 1.29 is 0 Å². The maximum absolute atomic E-state index is 5.87. The van der Waals surface area contributed by atoms with E-state index in [9.17, 15) is 0 Å². The molecule has 1 N–H and O–H groups in total. The molecule has 0 spiro atoms. The molecule has 2 unspecified atom stereocenters. The van der Waals surface area contributed by atoms with Gasteiger partial charge >= 0.3 is 0 Å². The number of hydrogen-bond acceptors (Lipinski definition) is 2. The van der Waals surface area contributed by atoms with Crippen LogP contribution in [0.4, 0.5) is 0 Å². The molecule has 0 aliphatic carbocycles. The van der Waals surface area contributed by atoms with E-state index in [0.29, 0.717) is 18.0 Å². The predicted molar refractivity (Wildman–Crippen MR) is 91.7 cm³/mol. The van der Waals surface area contributed by atoms with Gasteiger partial charge in [0.05, 0.1) is 0 Å². The van der Waals surface area contributed by atoms with Crippen molar-refractivity contribution in [1.82, 2.24) is 10.2 Å². The molecule has 1 aliphatic rings. The molecule has 0 aromatic heterocycles. The maximum Gasteiger partial charge on any atom is 0.0265 e. The summed E-state index contributed by atoms with van der Waals surface area (Å²) < 4.78 is 0. The van der Waals surface area contributed by atoms with Crippen molar-refractivity contribution in [3.63, 3.8) is 0 Å². The van der Waals surface area contributed by atoms with Gasteiger partial charge < -0.3 is 5.32 Å². The fraction of sp³-hybridized carbons (Fsp3) is 0.556. The van der Waals surface area contributed by atoms with Crippen LogP contribution in [-0.4, -0.2) is 36.6 Å². The van der Waals surface area contributed by atoms with E-state index in [1.165, 1.54) is 11.1 Å². The number of nitrogens with one attached hydrogen (secondary N) is 1. The fourth-order valence-electron chi connectivity index (χ4n) is 2.97. The van der Waals surface area contributed by atoms with Crippen LogP contribution in [0, 0.1) is 5.92 Å². The first-order chi connectivity index (χ1) is 10.1. The zero-order valence-corrected chi connectivity index (χ0v) is 14.1. The average molecular weight is 307 g/mol. The van der Waals surface area contributed by atoms with Crippen LogP contribution in [-0.2, 0) is 6.42 Å². The standard InChI is InChI=1S/C18H27ClN2/c1-14(2)18-13-21(12-15(3)10-19)17(11-20-18)9-16-7-5-4-6-8-16/h4-8,10,14,17-18,20H,9,11-13H2,1-3H3/b15-10+. The Kier molecular flexibility index (Phi) is 6.28. The lowest BCUT2D eigenvalue weighted by atomic mass is 9.96. The van der Waals surface area contributed by atoms with Crippen LogP contribution in [0.5, 0.6) is 0 Å². The molecule has 1 fully saturated rings. The van der Waals surface area contributed by atoms with E-state index in [0.717, 1.165) is 26.1 Å². The number of piperazine rings is 1. The Labute approximate surface area is 134 Å². The molecule has 3 heteroatoms. The summed E-state index contributed by atoms with van der Waals surface area (Å²) in [5, 5.41) is 3.72. The molecule has 1 saturated heterocycles. The predicted octanol–water partition coefficient (Wildman–Crippen LogP) is 3.67. The van der Waals surface area contributed by atoms with E-state index in [4.69, 9.17) is 11.6 Å². The van der Waals surface area contributed by atoms with E-state index in [-0.39, 0.29) is 0 Å². The lowest BCUT2D eigenvalue weighted by Gasteiger charge is -2.42. The molecule has 2 rings (SSSR count). The summed E-state index contributed by atoms with van der Waals surface area (Å²) in [4.78, 5) is 2.59. The molecule has 21 heavy (non-hydrogen) atoms. The van der Waals surface area contributed by atoms with Gasteiger partial charge in [0.1, 0.15) is 0 Å². The van der Waals surface area contributed by atoms with Gasteiger partial charge in [0.25, 0.3) is 0 Å². The van der Waals surface area contributed by atoms with Gasteiger partial charge in [-0.1, -0.05) is 55.8 Å². The Bertz CT molecular complexity index is 456. The van der Waals surface area contributed by atoms with Crippen LogP contribution in [0.1, 0.15) is 26.3 Å². The number of rotatable bonds is 5. The largest absolute Gasteiger partial charge is 0.311 e. The Hall–Kier alpha value is -0.830. The smallest absolute Gasteiger partial charge is 0.0265 e. The molecular formula is C18H27ClN2. The minimum atomic E-state index is 0.536. The van der Waals surface area contributed by atoms with Crippen LogP contribution < -0.4 is 5.32 Å². The Balaban J connectivity index is 2.06. The molecule has 1 aromatic rings. The highest BCUT2D eigenvalue weighted by molar-refractivity contribution is 6.25. The highest BCUT2D eigenvalue weighted by Crippen LogP contribution is 2.18. The van der Waals surface area contributed by atoms with Crippen LogP contribution in [0.3, 0.4) is 0 Å². The van der Waals surface area contributed by atoms with Crippen molar-refractivity contribution in [2.75, 3.05) is 19.6 Å². The Morgan fingerprint density at radius 2 is 2.10 bits per heavy atom. The van der Waals surface area contributed by atoms with Gasteiger partial charge in [-0.2, -0.15) is 0 Å². The van der Waals surface area contributed by atoms with Crippen LogP contribution >= 0.6 is 11.6 Å². The lowest BCUT2D eigenvalue weighted by Crippen LogP contribution is -2.58. The lowest BCUT2D eigenvalue weighted by molar-refractivity contribution is 0.123. The van der Waals surface area contributed by atoms with E-state index in [2.05, 4.69) is 61.3 Å². The molecule has 0 bridgehead atoms. The summed E-state index contributed by atoms with van der Waals surface area (Å²) >= 11 is 5.87. The normalized spacial score (nSPS) is 24.5. The summed E-state index contributed by atoms with van der Waals surface area (Å²) in [6.07, 6.45) is 1.09. The van der Waals surface area contributed by atoms with Crippen molar-refractivity contribution in [3.05, 3.63) is 47.0 Å². The highest BCUT2D eigenvalue weighted by Gasteiger charge is 2.29. The molecule has 1 aliphatic heterocycles. The third-order valence-electron chi connectivity index (χ3n) is 4.32. The van der Waals surface area contributed by atoms with Gasteiger partial charge in [-0.15, -0.1) is 0 Å². The van der Waals surface area contributed by atoms with Gasteiger partial charge in [-0.25, -0.2) is 0 Å². The van der Waals surface area contributed by atoms with Gasteiger partial charge in [0.15, 0.2) is 0 Å². The van der Waals surface area contributed by atoms with Crippen LogP contribution in [0.15, 0.2) is 41.4 Å². The second-order valence-corrected chi connectivity index (χ2v) is 6.71. The fourth-order valence-corrected chi connectivity index (χ4v) is 3.03. The number of halogens is 1. The minimum Gasteiger partial charge on any atom is -0.311 e. The van der Waals surface area contributed by atoms with Crippen molar-refractivity contribution in [2.45, 2.75) is 39.3 Å². The minimum absolute atomic E-state index is 0.536. The molecule has 2 nitrogen and oxygen atoms in total. The van der Waals surface area contributed by atoms with Crippen molar-refractivity contribution >= 4 is 11.6 Å². The monoisotopic (exact) mass is 306 g/mol. The van der Waals surface area contributed by atoms with Crippen molar-refractivity contribution in [2.24, 2.45) is 5.92 Å². The molecule has 0 saturated carbocycles. The molecule has 2 atom stereocenters. The average Bonchev–Trinajstić information content (AvgIpc) is 2.49. The second-order valence-electron chi connectivity index (χ2n) is 6.49. The third kappa shape index (κ3) is 4.84. The number of benzene rings is 1. The van der Waals surface area contributed by atoms with E-state index >= 15 is 0 Å².